The van der Waals surface area contributed by atoms with E-state index < -0.39 is 31.7 Å². The molecule has 2 rings (SSSR count). The van der Waals surface area contributed by atoms with Crippen molar-refractivity contribution in [2.45, 2.75) is 39.0 Å². The van der Waals surface area contributed by atoms with E-state index in [1.54, 1.807) is 13.8 Å². The second-order valence-corrected chi connectivity index (χ2v) is 10.1. The zero-order valence-electron chi connectivity index (χ0n) is 14.1. The highest BCUT2D eigenvalue weighted by atomic mass is 32.2. The first-order chi connectivity index (χ1) is 10.9. The number of aryl methyl sites for hydroxylation is 2. The number of hydrazine groups is 1. The van der Waals surface area contributed by atoms with Crippen LogP contribution in [0.4, 0.5) is 0 Å². The Bertz CT molecular complexity index is 863. The summed E-state index contributed by atoms with van der Waals surface area (Å²) in [6, 6.07) is 1.91. The molecule has 0 aromatic heterocycles. The molecule has 1 aromatic rings. The van der Waals surface area contributed by atoms with Crippen molar-refractivity contribution in [1.82, 2.24) is 10.3 Å². The number of benzene rings is 1. The molecule has 1 aliphatic rings. The topological polar surface area (TPSA) is 109 Å². The van der Waals surface area contributed by atoms with Gasteiger partial charge in [0.05, 0.1) is 22.3 Å². The predicted octanol–water partition coefficient (Wildman–Crippen LogP) is 0.664. The van der Waals surface area contributed by atoms with E-state index in [1.165, 1.54) is 0 Å². The summed E-state index contributed by atoms with van der Waals surface area (Å²) in [4.78, 5) is 14.2. The molecule has 0 radical (unpaired) electrons. The van der Waals surface area contributed by atoms with Crippen LogP contribution in [0.25, 0.3) is 0 Å². The summed E-state index contributed by atoms with van der Waals surface area (Å²) in [5.74, 6) is -1.64. The largest absolute Gasteiger partial charge is 0.277 e. The number of carbonyl (C=O) groups is 1. The van der Waals surface area contributed by atoms with Gasteiger partial charge in [0, 0.05) is 0 Å². The third-order valence-corrected chi connectivity index (χ3v) is 7.77. The molecule has 7 nitrogen and oxygen atoms in total. The van der Waals surface area contributed by atoms with Crippen LogP contribution in [0.3, 0.4) is 0 Å². The smallest absolute Gasteiger partial charge is 0.257 e. The van der Waals surface area contributed by atoms with E-state index in [9.17, 15) is 21.6 Å². The molecule has 1 heterocycles. The van der Waals surface area contributed by atoms with E-state index in [4.69, 9.17) is 0 Å². The average molecular weight is 374 g/mol. The molecule has 0 saturated carbocycles. The second kappa shape index (κ2) is 6.45. The van der Waals surface area contributed by atoms with Crippen LogP contribution >= 0.6 is 0 Å². The Morgan fingerprint density at radius 3 is 2.12 bits per heavy atom. The summed E-state index contributed by atoms with van der Waals surface area (Å²) in [5, 5.41) is 0. The molecular weight excluding hydrogens is 352 g/mol. The Morgan fingerprint density at radius 2 is 1.67 bits per heavy atom. The zero-order chi connectivity index (χ0) is 18.3. The van der Waals surface area contributed by atoms with Gasteiger partial charge in [-0.2, -0.15) is 0 Å². The maximum Gasteiger partial charge on any atom is 0.257 e. The Balaban J connectivity index is 2.20. The molecule has 2 N–H and O–H groups in total. The van der Waals surface area contributed by atoms with Gasteiger partial charge in [0.15, 0.2) is 9.84 Å². The highest BCUT2D eigenvalue weighted by Crippen LogP contribution is 2.25. The Morgan fingerprint density at radius 1 is 1.12 bits per heavy atom. The van der Waals surface area contributed by atoms with Crippen LogP contribution < -0.4 is 10.3 Å². The highest BCUT2D eigenvalue weighted by Gasteiger charge is 2.33. The van der Waals surface area contributed by atoms with Crippen LogP contribution in [0.2, 0.25) is 0 Å². The lowest BCUT2D eigenvalue weighted by Crippen LogP contribution is -2.45. The van der Waals surface area contributed by atoms with Gasteiger partial charge in [-0.1, -0.05) is 6.07 Å². The van der Waals surface area contributed by atoms with E-state index in [0.29, 0.717) is 11.1 Å². The first-order valence-electron chi connectivity index (χ1n) is 7.54. The molecule has 24 heavy (non-hydrogen) atoms. The van der Waals surface area contributed by atoms with Crippen molar-refractivity contribution >= 4 is 25.8 Å². The summed E-state index contributed by atoms with van der Waals surface area (Å²) in [6.07, 6.45) is 0.206. The fraction of sp³-hybridized carbons (Fsp3) is 0.533. The fourth-order valence-corrected chi connectivity index (χ4v) is 6.06. The summed E-state index contributed by atoms with van der Waals surface area (Å²) in [6.45, 7) is 7.06. The van der Waals surface area contributed by atoms with Crippen molar-refractivity contribution in [3.8, 4) is 0 Å². The molecule has 1 aliphatic heterocycles. The minimum atomic E-state index is -3.95. The Kier molecular flexibility index (Phi) is 5.08. The van der Waals surface area contributed by atoms with E-state index in [0.717, 1.165) is 11.1 Å². The standard InChI is InChI=1S/C15H22N2O5S2/c1-9-7-10(2)12(4)14(11(9)3)24(21,22)17-16-15(18)13-5-6-23(19,20)8-13/h7,13,17H,5-6,8H2,1-4H3,(H,16,18)/t13-/m0/s1. The van der Waals surface area contributed by atoms with E-state index >= 15 is 0 Å². The predicted molar refractivity (Wildman–Crippen MR) is 90.6 cm³/mol. The molecule has 1 amide bonds. The van der Waals surface area contributed by atoms with E-state index in [2.05, 4.69) is 10.3 Å². The second-order valence-electron chi connectivity index (χ2n) is 6.28. The number of rotatable bonds is 4. The molecule has 1 aromatic carbocycles. The van der Waals surface area contributed by atoms with Gasteiger partial charge in [0.2, 0.25) is 5.91 Å². The number of hydrogen-bond donors (Lipinski definition) is 2. The first kappa shape index (κ1) is 18.9. The van der Waals surface area contributed by atoms with E-state index in [1.807, 2.05) is 19.9 Å². The molecule has 134 valence electrons. The SMILES string of the molecule is Cc1cc(C)c(C)c(S(=O)(=O)NNC(=O)[C@H]2CCS(=O)(=O)C2)c1C. The van der Waals surface area contributed by atoms with Gasteiger partial charge in [-0.25, -0.2) is 16.8 Å². The van der Waals surface area contributed by atoms with Gasteiger partial charge >= 0.3 is 0 Å². The van der Waals surface area contributed by atoms with Crippen LogP contribution in [0.15, 0.2) is 11.0 Å². The monoisotopic (exact) mass is 374 g/mol. The molecule has 0 bridgehead atoms. The van der Waals surface area contributed by atoms with Crippen molar-refractivity contribution in [3.63, 3.8) is 0 Å². The van der Waals surface area contributed by atoms with Crippen LogP contribution in [-0.2, 0) is 24.7 Å². The summed E-state index contributed by atoms with van der Waals surface area (Å²) < 4.78 is 48.0. The zero-order valence-corrected chi connectivity index (χ0v) is 15.8. The fourth-order valence-electron chi connectivity index (χ4n) is 2.86. The molecule has 0 unspecified atom stereocenters. The number of sulfonamides is 1. The molecule has 1 saturated heterocycles. The van der Waals surface area contributed by atoms with Crippen LogP contribution in [0, 0.1) is 33.6 Å². The Hall–Kier alpha value is -1.45. The minimum Gasteiger partial charge on any atom is -0.277 e. The molecular formula is C15H22N2O5S2. The third-order valence-electron chi connectivity index (χ3n) is 4.48. The van der Waals surface area contributed by atoms with Crippen molar-refractivity contribution in [3.05, 3.63) is 28.3 Å². The van der Waals surface area contributed by atoms with Gasteiger partial charge < -0.3 is 0 Å². The maximum absolute atomic E-state index is 12.6. The minimum absolute atomic E-state index is 0.0485. The Labute approximate surface area is 142 Å². The van der Waals surface area contributed by atoms with Gasteiger partial charge in [-0.3, -0.25) is 10.2 Å². The summed E-state index contributed by atoms with van der Waals surface area (Å²) in [7, 11) is -7.16. The lowest BCUT2D eigenvalue weighted by atomic mass is 10.0. The van der Waals surface area contributed by atoms with Gasteiger partial charge in [0.25, 0.3) is 10.0 Å². The molecule has 0 spiro atoms. The highest BCUT2D eigenvalue weighted by molar-refractivity contribution is 7.91. The third kappa shape index (κ3) is 3.79. The quantitative estimate of drug-likeness (QED) is 0.753. The van der Waals surface area contributed by atoms with Crippen LogP contribution in [-0.4, -0.2) is 34.2 Å². The van der Waals surface area contributed by atoms with Crippen molar-refractivity contribution in [2.24, 2.45) is 5.92 Å². The van der Waals surface area contributed by atoms with Crippen molar-refractivity contribution in [1.29, 1.82) is 0 Å². The van der Waals surface area contributed by atoms with Gasteiger partial charge in [-0.15, -0.1) is 4.83 Å². The van der Waals surface area contributed by atoms with Gasteiger partial charge in [-0.05, 0) is 56.4 Å². The molecule has 9 heteroatoms. The van der Waals surface area contributed by atoms with E-state index in [-0.39, 0.29) is 22.8 Å². The summed E-state index contributed by atoms with van der Waals surface area (Å²) >= 11 is 0. The van der Waals surface area contributed by atoms with Gasteiger partial charge in [0.1, 0.15) is 0 Å². The average Bonchev–Trinajstić information content (AvgIpc) is 2.83. The number of nitrogens with one attached hydrogen (secondary N) is 2. The number of carbonyl (C=O) groups excluding carboxylic acids is 1. The summed E-state index contributed by atoms with van der Waals surface area (Å²) in [5.41, 5.74) is 5.06. The molecule has 0 aliphatic carbocycles. The van der Waals surface area contributed by atoms with Crippen molar-refractivity contribution < 1.29 is 21.6 Å². The number of amides is 1. The molecule has 1 atom stereocenters. The molecule has 1 fully saturated rings. The number of sulfone groups is 1. The van der Waals surface area contributed by atoms with Crippen LogP contribution in [0.5, 0.6) is 0 Å². The maximum atomic E-state index is 12.6. The normalized spacial score (nSPS) is 20.1. The number of hydrogen-bond acceptors (Lipinski definition) is 5. The van der Waals surface area contributed by atoms with Crippen LogP contribution in [0.1, 0.15) is 28.7 Å². The lowest BCUT2D eigenvalue weighted by Gasteiger charge is -2.17. The lowest BCUT2D eigenvalue weighted by molar-refractivity contribution is -0.124. The first-order valence-corrected chi connectivity index (χ1v) is 10.8. The van der Waals surface area contributed by atoms with Crippen molar-refractivity contribution in [2.75, 3.05) is 11.5 Å².